The molecule has 0 aromatic heterocycles. The fourth-order valence-corrected chi connectivity index (χ4v) is 4.27. The second-order valence-electron chi connectivity index (χ2n) is 9.01. The number of amides is 1. The van der Waals surface area contributed by atoms with Gasteiger partial charge in [-0.1, -0.05) is 12.1 Å². The number of nitrogens with one attached hydrogen (secondary N) is 1. The highest BCUT2D eigenvalue weighted by atomic mass is 19.4. The van der Waals surface area contributed by atoms with Crippen LogP contribution in [0.15, 0.2) is 41.4 Å². The third-order valence-electron chi connectivity index (χ3n) is 6.34. The van der Waals surface area contributed by atoms with Crippen molar-refractivity contribution in [3.05, 3.63) is 58.1 Å². The van der Waals surface area contributed by atoms with Crippen molar-refractivity contribution in [1.29, 1.82) is 0 Å². The van der Waals surface area contributed by atoms with E-state index >= 15 is 0 Å². The predicted molar refractivity (Wildman–Crippen MR) is 114 cm³/mol. The van der Waals surface area contributed by atoms with Crippen LogP contribution in [0.5, 0.6) is 5.75 Å². The zero-order valence-electron chi connectivity index (χ0n) is 18.0. The summed E-state index contributed by atoms with van der Waals surface area (Å²) in [5.74, 6) is 0.308. The van der Waals surface area contributed by atoms with Crippen molar-refractivity contribution in [3.8, 4) is 5.75 Å². The van der Waals surface area contributed by atoms with E-state index in [0.717, 1.165) is 35.6 Å². The molecule has 1 aliphatic heterocycles. The molecule has 1 unspecified atom stereocenters. The van der Waals surface area contributed by atoms with Crippen molar-refractivity contribution in [2.45, 2.75) is 44.5 Å². The number of rotatable bonds is 5. The van der Waals surface area contributed by atoms with Gasteiger partial charge in [0, 0.05) is 16.8 Å². The zero-order chi connectivity index (χ0) is 23.3. The molecule has 1 amide bonds. The highest BCUT2D eigenvalue weighted by molar-refractivity contribution is 6.05. The molecule has 2 N–H and O–H groups in total. The number of carbonyl (C=O) groups is 1. The topological polar surface area (TPSA) is 70.9 Å². The highest BCUT2D eigenvalue weighted by Gasteiger charge is 2.42. The van der Waals surface area contributed by atoms with E-state index in [1.54, 1.807) is 12.1 Å². The number of anilines is 1. The second kappa shape index (κ2) is 7.92. The molecule has 2 aromatic rings. The van der Waals surface area contributed by atoms with Crippen LogP contribution in [-0.4, -0.2) is 29.8 Å². The van der Waals surface area contributed by atoms with Crippen LogP contribution in [0.3, 0.4) is 0 Å². The van der Waals surface area contributed by atoms with E-state index in [2.05, 4.69) is 5.32 Å². The Morgan fingerprint density at radius 2 is 1.91 bits per heavy atom. The summed E-state index contributed by atoms with van der Waals surface area (Å²) in [6.45, 7) is 3.64. The van der Waals surface area contributed by atoms with Gasteiger partial charge in [-0.05, 0) is 62.8 Å². The molecule has 0 radical (unpaired) electrons. The molecule has 2 aromatic carbocycles. The maximum absolute atomic E-state index is 13.0. The SMILES string of the molecule is COc1cc2c(cc1NC(=O)c1cccc(C(F)(F)F)c1)=CC(C1CC(C(C)(C)O)C1)N=2. The van der Waals surface area contributed by atoms with Gasteiger partial charge >= 0.3 is 6.18 Å². The Labute approximate surface area is 183 Å². The maximum atomic E-state index is 13.0. The normalized spacial score (nSPS) is 22.3. The molecule has 170 valence electrons. The lowest BCUT2D eigenvalue weighted by molar-refractivity contribution is -0.137. The summed E-state index contributed by atoms with van der Waals surface area (Å²) >= 11 is 0. The number of nitrogens with zero attached hydrogens (tertiary/aromatic N) is 1. The van der Waals surface area contributed by atoms with Crippen LogP contribution in [0.25, 0.3) is 6.08 Å². The molecule has 0 saturated heterocycles. The minimum Gasteiger partial charge on any atom is -0.494 e. The molecule has 8 heteroatoms. The van der Waals surface area contributed by atoms with Gasteiger partial charge in [0.2, 0.25) is 0 Å². The van der Waals surface area contributed by atoms with E-state index in [0.29, 0.717) is 17.4 Å². The first-order valence-electron chi connectivity index (χ1n) is 10.4. The summed E-state index contributed by atoms with van der Waals surface area (Å²) in [4.78, 5) is 17.4. The van der Waals surface area contributed by atoms with Crippen molar-refractivity contribution in [3.63, 3.8) is 0 Å². The van der Waals surface area contributed by atoms with Crippen molar-refractivity contribution in [1.82, 2.24) is 0 Å². The molecule has 1 heterocycles. The Hall–Kier alpha value is -2.87. The Bertz CT molecular complexity index is 1160. The monoisotopic (exact) mass is 446 g/mol. The van der Waals surface area contributed by atoms with Gasteiger partial charge in [0.15, 0.2) is 0 Å². The average molecular weight is 446 g/mol. The van der Waals surface area contributed by atoms with Crippen LogP contribution in [0.4, 0.5) is 18.9 Å². The van der Waals surface area contributed by atoms with Gasteiger partial charge in [-0.15, -0.1) is 0 Å². The molecule has 32 heavy (non-hydrogen) atoms. The van der Waals surface area contributed by atoms with Gasteiger partial charge in [0.1, 0.15) is 5.75 Å². The molecule has 1 saturated carbocycles. The third-order valence-corrected chi connectivity index (χ3v) is 6.34. The molecule has 0 spiro atoms. The number of methoxy groups -OCH3 is 1. The van der Waals surface area contributed by atoms with Gasteiger partial charge in [0.25, 0.3) is 5.91 Å². The summed E-state index contributed by atoms with van der Waals surface area (Å²) in [5.41, 5.74) is -1.32. The van der Waals surface area contributed by atoms with E-state index in [-0.39, 0.29) is 17.5 Å². The van der Waals surface area contributed by atoms with Gasteiger partial charge in [0.05, 0.1) is 35.4 Å². The highest BCUT2D eigenvalue weighted by Crippen LogP contribution is 2.44. The number of hydrogen-bond donors (Lipinski definition) is 2. The lowest BCUT2D eigenvalue weighted by Gasteiger charge is -2.44. The fraction of sp³-hybridized carbons (Fsp3) is 0.417. The zero-order valence-corrected chi connectivity index (χ0v) is 18.0. The number of alkyl halides is 3. The first-order valence-corrected chi connectivity index (χ1v) is 10.4. The van der Waals surface area contributed by atoms with E-state index in [4.69, 9.17) is 9.73 Å². The van der Waals surface area contributed by atoms with Gasteiger partial charge in [-0.2, -0.15) is 13.2 Å². The Morgan fingerprint density at radius 3 is 2.53 bits per heavy atom. The van der Waals surface area contributed by atoms with Crippen molar-refractivity contribution >= 4 is 17.7 Å². The second-order valence-corrected chi connectivity index (χ2v) is 9.01. The molecule has 1 aliphatic carbocycles. The number of benzene rings is 2. The Morgan fingerprint density at radius 1 is 1.19 bits per heavy atom. The van der Waals surface area contributed by atoms with E-state index in [1.807, 2.05) is 19.9 Å². The molecule has 0 bridgehead atoms. The fourth-order valence-electron chi connectivity index (χ4n) is 4.27. The summed E-state index contributed by atoms with van der Waals surface area (Å²) in [5, 5.41) is 14.4. The van der Waals surface area contributed by atoms with Crippen LogP contribution in [0.2, 0.25) is 0 Å². The quantitative estimate of drug-likeness (QED) is 0.738. The minimum absolute atomic E-state index is 0.0114. The Balaban J connectivity index is 1.55. The number of aliphatic hydroxyl groups is 1. The number of ether oxygens (including phenoxy) is 1. The summed E-state index contributed by atoms with van der Waals surface area (Å²) < 4.78 is 44.3. The minimum atomic E-state index is -4.53. The van der Waals surface area contributed by atoms with Crippen molar-refractivity contribution < 1.29 is 27.8 Å². The third kappa shape index (κ3) is 4.37. The van der Waals surface area contributed by atoms with Gasteiger partial charge < -0.3 is 15.2 Å². The summed E-state index contributed by atoms with van der Waals surface area (Å²) in [6, 6.07) is 7.72. The standard InChI is InChI=1S/C24H25F3N2O3/c1-23(2,31)17-8-14(9-17)18-10-15-11-20(21(32-3)12-19(15)28-18)29-22(30)13-5-4-6-16(7-13)24(25,26)27/h4-7,10-12,14,17-18,31H,8-9H2,1-3H3,(H,29,30). The van der Waals surface area contributed by atoms with Crippen molar-refractivity contribution in [2.24, 2.45) is 16.8 Å². The summed E-state index contributed by atoms with van der Waals surface area (Å²) in [7, 11) is 1.46. The van der Waals surface area contributed by atoms with Crippen molar-refractivity contribution in [2.75, 3.05) is 12.4 Å². The number of carbonyl (C=O) groups excluding carboxylic acids is 1. The lowest BCUT2D eigenvalue weighted by atomic mass is 9.65. The molecule has 5 nitrogen and oxygen atoms in total. The van der Waals surface area contributed by atoms with Crippen LogP contribution < -0.4 is 20.6 Å². The van der Waals surface area contributed by atoms with Gasteiger partial charge in [-0.25, -0.2) is 0 Å². The first-order chi connectivity index (χ1) is 15.0. The van der Waals surface area contributed by atoms with E-state index in [9.17, 15) is 23.1 Å². The van der Waals surface area contributed by atoms with E-state index in [1.165, 1.54) is 19.2 Å². The predicted octanol–water partition coefficient (Wildman–Crippen LogP) is 3.55. The molecule has 1 fully saturated rings. The van der Waals surface area contributed by atoms with Crippen LogP contribution in [0, 0.1) is 11.8 Å². The maximum Gasteiger partial charge on any atom is 0.416 e. The molecule has 1 atom stereocenters. The Kier molecular flexibility index (Phi) is 5.53. The molecular weight excluding hydrogens is 421 g/mol. The largest absolute Gasteiger partial charge is 0.494 e. The van der Waals surface area contributed by atoms with E-state index < -0.39 is 23.2 Å². The molecule has 2 aliphatic rings. The summed E-state index contributed by atoms with van der Waals surface area (Å²) in [6.07, 6.45) is -0.727. The number of hydrogen-bond acceptors (Lipinski definition) is 4. The lowest BCUT2D eigenvalue weighted by Crippen LogP contribution is -2.43. The van der Waals surface area contributed by atoms with Gasteiger partial charge in [-0.3, -0.25) is 9.79 Å². The molecular formula is C24H25F3N2O3. The number of halogens is 3. The molecule has 4 rings (SSSR count). The van der Waals surface area contributed by atoms with Crippen LogP contribution in [0.1, 0.15) is 42.6 Å². The average Bonchev–Trinajstić information content (AvgIpc) is 3.06. The number of fused-ring (bicyclic) bond motifs is 1. The first kappa shape index (κ1) is 22.3. The van der Waals surface area contributed by atoms with Crippen LogP contribution in [-0.2, 0) is 6.18 Å². The smallest absolute Gasteiger partial charge is 0.416 e. The van der Waals surface area contributed by atoms with Crippen LogP contribution >= 0.6 is 0 Å².